The van der Waals surface area contributed by atoms with Crippen molar-refractivity contribution in [2.24, 2.45) is 0 Å². The number of likely N-dealkylation sites (tertiary alicyclic amines) is 1. The van der Waals surface area contributed by atoms with Gasteiger partial charge in [0.2, 0.25) is 5.91 Å². The predicted molar refractivity (Wildman–Crippen MR) is 67.8 cm³/mol. The van der Waals surface area contributed by atoms with Crippen LogP contribution in [-0.4, -0.2) is 50.2 Å². The Bertz CT molecular complexity index is 483. The third-order valence-corrected chi connectivity index (χ3v) is 3.55. The Morgan fingerprint density at radius 2 is 2.00 bits per heavy atom. The molecule has 1 aliphatic heterocycles. The van der Waals surface area contributed by atoms with Gasteiger partial charge < -0.3 is 19.7 Å². The Labute approximate surface area is 111 Å². The van der Waals surface area contributed by atoms with Gasteiger partial charge in [0.15, 0.2) is 0 Å². The monoisotopic (exact) mass is 266 g/mol. The smallest absolute Gasteiger partial charge is 0.352 e. The zero-order valence-corrected chi connectivity index (χ0v) is 10.9. The maximum absolute atomic E-state index is 12.1. The van der Waals surface area contributed by atoms with Gasteiger partial charge in [-0.25, -0.2) is 4.79 Å². The predicted octanol–water partition coefficient (Wildman–Crippen LogP) is 0.560. The molecular weight excluding hydrogens is 248 g/mol. The van der Waals surface area contributed by atoms with E-state index in [0.29, 0.717) is 25.9 Å². The highest BCUT2D eigenvalue weighted by Crippen LogP contribution is 2.21. The van der Waals surface area contributed by atoms with E-state index in [1.54, 1.807) is 24.1 Å². The molecule has 1 aliphatic rings. The standard InChI is InChI=1S/C13H18N2O4/c1-13(19)4-7-14(8-5-13)11(16)9-15-6-2-3-10(15)12(17)18/h2-3,6,19H,4-5,7-9H2,1H3,(H,17,18). The molecule has 1 saturated heterocycles. The number of hydrogen-bond acceptors (Lipinski definition) is 3. The summed E-state index contributed by atoms with van der Waals surface area (Å²) in [6.07, 6.45) is 2.69. The lowest BCUT2D eigenvalue weighted by Crippen LogP contribution is -2.46. The fraction of sp³-hybridized carbons (Fsp3) is 0.538. The van der Waals surface area contributed by atoms with Crippen LogP contribution in [0.4, 0.5) is 0 Å². The number of nitrogens with zero attached hydrogens (tertiary/aromatic N) is 2. The first-order valence-electron chi connectivity index (χ1n) is 6.28. The lowest BCUT2D eigenvalue weighted by Gasteiger charge is -2.35. The topological polar surface area (TPSA) is 82.8 Å². The summed E-state index contributed by atoms with van der Waals surface area (Å²) in [6, 6.07) is 3.08. The highest BCUT2D eigenvalue weighted by molar-refractivity contribution is 5.86. The van der Waals surface area contributed by atoms with Crippen LogP contribution < -0.4 is 0 Å². The number of carbonyl (C=O) groups is 2. The van der Waals surface area contributed by atoms with Crippen LogP contribution in [0.5, 0.6) is 0 Å². The van der Waals surface area contributed by atoms with Gasteiger partial charge in [-0.15, -0.1) is 0 Å². The minimum absolute atomic E-state index is 0.0246. The van der Waals surface area contributed by atoms with E-state index in [0.717, 1.165) is 0 Å². The summed E-state index contributed by atoms with van der Waals surface area (Å²) in [7, 11) is 0. The van der Waals surface area contributed by atoms with Gasteiger partial charge in [0.1, 0.15) is 12.2 Å². The minimum atomic E-state index is -1.04. The average Bonchev–Trinajstić information content (AvgIpc) is 2.77. The van der Waals surface area contributed by atoms with Crippen LogP contribution in [0.25, 0.3) is 0 Å². The molecule has 0 unspecified atom stereocenters. The molecule has 0 aromatic carbocycles. The zero-order valence-electron chi connectivity index (χ0n) is 10.9. The van der Waals surface area contributed by atoms with Crippen molar-refractivity contribution in [3.63, 3.8) is 0 Å². The first-order chi connectivity index (χ1) is 8.89. The lowest BCUT2D eigenvalue weighted by atomic mass is 9.94. The number of hydrogen-bond donors (Lipinski definition) is 2. The van der Waals surface area contributed by atoms with Gasteiger partial charge in [-0.3, -0.25) is 4.79 Å². The van der Waals surface area contributed by atoms with Crippen molar-refractivity contribution >= 4 is 11.9 Å². The van der Waals surface area contributed by atoms with Crippen molar-refractivity contribution in [2.45, 2.75) is 31.9 Å². The number of piperidine rings is 1. The van der Waals surface area contributed by atoms with Gasteiger partial charge in [-0.1, -0.05) is 0 Å². The molecule has 0 aliphatic carbocycles. The van der Waals surface area contributed by atoms with E-state index in [4.69, 9.17) is 5.11 Å². The molecule has 1 aromatic rings. The van der Waals surface area contributed by atoms with E-state index in [9.17, 15) is 14.7 Å². The van der Waals surface area contributed by atoms with E-state index in [1.165, 1.54) is 10.6 Å². The maximum atomic E-state index is 12.1. The number of aliphatic hydroxyl groups is 1. The Hall–Kier alpha value is -1.82. The van der Waals surface area contributed by atoms with E-state index >= 15 is 0 Å². The second kappa shape index (κ2) is 5.05. The molecule has 0 atom stereocenters. The Kier molecular flexibility index (Phi) is 3.61. The van der Waals surface area contributed by atoms with Crippen LogP contribution in [0.2, 0.25) is 0 Å². The summed E-state index contributed by atoms with van der Waals surface area (Å²) in [5.74, 6) is -1.16. The SMILES string of the molecule is CC1(O)CCN(C(=O)Cn2cccc2C(=O)O)CC1. The number of rotatable bonds is 3. The van der Waals surface area contributed by atoms with E-state index < -0.39 is 11.6 Å². The Balaban J connectivity index is 1.98. The molecule has 6 heteroatoms. The molecule has 0 saturated carbocycles. The van der Waals surface area contributed by atoms with Crippen molar-refractivity contribution in [2.75, 3.05) is 13.1 Å². The Morgan fingerprint density at radius 3 is 2.58 bits per heavy atom. The number of carboxylic acid groups (broad SMARTS) is 1. The summed E-state index contributed by atoms with van der Waals surface area (Å²) in [4.78, 5) is 24.7. The summed E-state index contributed by atoms with van der Waals surface area (Å²) in [6.45, 7) is 2.81. The van der Waals surface area contributed by atoms with E-state index in [-0.39, 0.29) is 18.1 Å². The van der Waals surface area contributed by atoms with Gasteiger partial charge >= 0.3 is 5.97 Å². The second-order valence-corrected chi connectivity index (χ2v) is 5.20. The van der Waals surface area contributed by atoms with E-state index in [2.05, 4.69) is 0 Å². The quantitative estimate of drug-likeness (QED) is 0.837. The molecule has 0 radical (unpaired) electrons. The summed E-state index contributed by atoms with van der Waals surface area (Å²) in [5, 5.41) is 18.8. The normalized spacial score (nSPS) is 18.3. The molecule has 19 heavy (non-hydrogen) atoms. The van der Waals surface area contributed by atoms with Gasteiger partial charge in [0.05, 0.1) is 5.60 Å². The van der Waals surface area contributed by atoms with Crippen molar-refractivity contribution in [3.8, 4) is 0 Å². The van der Waals surface area contributed by atoms with Crippen LogP contribution in [0.1, 0.15) is 30.3 Å². The second-order valence-electron chi connectivity index (χ2n) is 5.20. The van der Waals surface area contributed by atoms with Crippen LogP contribution in [0.3, 0.4) is 0 Å². The Morgan fingerprint density at radius 1 is 1.37 bits per heavy atom. The van der Waals surface area contributed by atoms with E-state index in [1.807, 2.05) is 0 Å². The number of aromatic carboxylic acids is 1. The summed E-state index contributed by atoms with van der Waals surface area (Å²) < 4.78 is 1.43. The molecule has 2 rings (SSSR count). The molecule has 0 bridgehead atoms. The van der Waals surface area contributed by atoms with Crippen molar-refractivity contribution in [1.82, 2.24) is 9.47 Å². The van der Waals surface area contributed by atoms with Crippen LogP contribution >= 0.6 is 0 Å². The molecule has 1 aromatic heterocycles. The van der Waals surface area contributed by atoms with Gasteiger partial charge in [-0.05, 0) is 31.9 Å². The highest BCUT2D eigenvalue weighted by atomic mass is 16.4. The van der Waals surface area contributed by atoms with Crippen molar-refractivity contribution in [1.29, 1.82) is 0 Å². The molecule has 2 N–H and O–H groups in total. The van der Waals surface area contributed by atoms with Gasteiger partial charge in [-0.2, -0.15) is 0 Å². The third-order valence-electron chi connectivity index (χ3n) is 3.55. The van der Waals surface area contributed by atoms with Gasteiger partial charge in [0, 0.05) is 19.3 Å². The minimum Gasteiger partial charge on any atom is -0.477 e. The largest absolute Gasteiger partial charge is 0.477 e. The first-order valence-corrected chi connectivity index (χ1v) is 6.28. The molecule has 6 nitrogen and oxygen atoms in total. The zero-order chi connectivity index (χ0) is 14.0. The first kappa shape index (κ1) is 13.6. The fourth-order valence-corrected chi connectivity index (χ4v) is 2.23. The number of carbonyl (C=O) groups excluding carboxylic acids is 1. The molecule has 2 heterocycles. The van der Waals surface area contributed by atoms with Crippen LogP contribution in [-0.2, 0) is 11.3 Å². The summed E-state index contributed by atoms with van der Waals surface area (Å²) >= 11 is 0. The van der Waals surface area contributed by atoms with Crippen molar-refractivity contribution in [3.05, 3.63) is 24.0 Å². The number of aromatic nitrogens is 1. The van der Waals surface area contributed by atoms with Gasteiger partial charge in [0.25, 0.3) is 0 Å². The molecule has 1 fully saturated rings. The lowest BCUT2D eigenvalue weighted by molar-refractivity contribution is -0.135. The molecule has 104 valence electrons. The van der Waals surface area contributed by atoms with Crippen LogP contribution in [0, 0.1) is 0 Å². The molecular formula is C13H18N2O4. The van der Waals surface area contributed by atoms with Crippen LogP contribution in [0.15, 0.2) is 18.3 Å². The number of carboxylic acids is 1. The summed E-state index contributed by atoms with van der Waals surface area (Å²) in [5.41, 5.74) is -0.589. The highest BCUT2D eigenvalue weighted by Gasteiger charge is 2.29. The average molecular weight is 266 g/mol. The van der Waals surface area contributed by atoms with Crippen molar-refractivity contribution < 1.29 is 19.8 Å². The fourth-order valence-electron chi connectivity index (χ4n) is 2.23. The molecule has 1 amide bonds. The molecule has 0 spiro atoms. The number of amides is 1. The third kappa shape index (κ3) is 3.14. The maximum Gasteiger partial charge on any atom is 0.352 e.